The Labute approximate surface area is 183 Å². The number of nitrogens with zero attached hydrogens (tertiary/aromatic N) is 2. The molecule has 1 unspecified atom stereocenters. The van der Waals surface area contributed by atoms with Gasteiger partial charge in [0, 0.05) is 36.7 Å². The topological polar surface area (TPSA) is 55.8 Å². The van der Waals surface area contributed by atoms with Gasteiger partial charge in [-0.05, 0) is 55.6 Å². The third-order valence-electron chi connectivity index (χ3n) is 8.47. The maximum atomic E-state index is 13.0. The van der Waals surface area contributed by atoms with Crippen LogP contribution in [0.4, 0.5) is 4.79 Å². The molecule has 0 N–H and O–H groups in total. The number of hydrogen-bond acceptors (Lipinski definition) is 4. The van der Waals surface area contributed by atoms with Gasteiger partial charge in [0.25, 0.3) is 0 Å². The zero-order valence-corrected chi connectivity index (χ0v) is 19.2. The molecule has 0 aromatic heterocycles. The molecule has 3 aliphatic carbocycles. The van der Waals surface area contributed by atoms with Crippen molar-refractivity contribution >= 4 is 17.5 Å². The Morgan fingerprint density at radius 2 is 1.80 bits per heavy atom. The van der Waals surface area contributed by atoms with Crippen molar-refractivity contribution in [3.05, 3.63) is 35.4 Å². The average molecular weight is 431 g/mol. The fourth-order valence-corrected chi connectivity index (χ4v) is 8.25. The summed E-state index contributed by atoms with van der Waals surface area (Å²) in [6, 6.07) is 9.32. The van der Waals surface area contributed by atoms with E-state index in [0.717, 1.165) is 31.8 Å². The van der Waals surface area contributed by atoms with Crippen molar-refractivity contribution in [1.82, 2.24) is 9.21 Å². The Morgan fingerprint density at radius 3 is 2.37 bits per heavy atom. The lowest BCUT2D eigenvalue weighted by Gasteiger charge is -2.59. The van der Waals surface area contributed by atoms with Gasteiger partial charge >= 0.3 is 6.09 Å². The van der Waals surface area contributed by atoms with Crippen molar-refractivity contribution < 1.29 is 14.1 Å². The number of ether oxygens (including phenoxy) is 1. The van der Waals surface area contributed by atoms with Gasteiger partial charge < -0.3 is 14.2 Å². The number of amides is 1. The first-order valence-corrected chi connectivity index (χ1v) is 12.6. The summed E-state index contributed by atoms with van der Waals surface area (Å²) in [4.78, 5) is 13.5. The molecule has 4 fully saturated rings. The van der Waals surface area contributed by atoms with Gasteiger partial charge in [0.05, 0.1) is 25.7 Å². The molecule has 5 nitrogen and oxygen atoms in total. The van der Waals surface area contributed by atoms with Crippen molar-refractivity contribution in [1.29, 1.82) is 0 Å². The molecule has 0 bridgehead atoms. The van der Waals surface area contributed by atoms with Gasteiger partial charge in [0.2, 0.25) is 0 Å². The predicted octanol–water partition coefficient (Wildman–Crippen LogP) is 4.42. The summed E-state index contributed by atoms with van der Waals surface area (Å²) >= 11 is -0.933. The van der Waals surface area contributed by atoms with Gasteiger partial charge in [-0.3, -0.25) is 0 Å². The minimum Gasteiger partial charge on any atom is -0.598 e. The van der Waals surface area contributed by atoms with Crippen molar-refractivity contribution in [2.24, 2.45) is 5.41 Å². The number of carbonyl (C=O) groups excluding carboxylic acids is 1. The molecule has 1 aromatic rings. The highest BCUT2D eigenvalue weighted by Crippen LogP contribution is 2.58. The predicted molar refractivity (Wildman–Crippen MR) is 119 cm³/mol. The molecular formula is C24H34N2O3S. The second-order valence-corrected chi connectivity index (χ2v) is 12.3. The third kappa shape index (κ3) is 3.35. The standard InChI is InChI=1S/C24H34N2O3S/c1-23(25(2)22(27)29-3)13-21(14-23)30(28)26-15-24(16-26)11-20(12-24)19-9-5-8-18(10-19)17-6-4-7-17/h5,8-10,17,20-21H,4,6-7,11-16H2,1-3H3/t21-,23+,30?. The van der Waals surface area contributed by atoms with Crippen LogP contribution in [0.2, 0.25) is 0 Å². The molecule has 1 aliphatic heterocycles. The van der Waals surface area contributed by atoms with Crippen molar-refractivity contribution in [2.45, 2.75) is 74.5 Å². The van der Waals surface area contributed by atoms with E-state index in [1.54, 1.807) is 17.5 Å². The number of rotatable bonds is 5. The summed E-state index contributed by atoms with van der Waals surface area (Å²) < 4.78 is 20.0. The van der Waals surface area contributed by atoms with Crippen LogP contribution < -0.4 is 0 Å². The fraction of sp³-hybridized carbons (Fsp3) is 0.708. The summed E-state index contributed by atoms with van der Waals surface area (Å²) in [5, 5.41) is 0.162. The Kier molecular flexibility index (Phi) is 5.11. The molecule has 30 heavy (non-hydrogen) atoms. The Hall–Kier alpha value is -1.24. The van der Waals surface area contributed by atoms with E-state index in [9.17, 15) is 9.35 Å². The minimum atomic E-state index is -0.933. The molecule has 1 atom stereocenters. The fourth-order valence-electron chi connectivity index (χ4n) is 6.02. The van der Waals surface area contributed by atoms with Crippen LogP contribution in [0, 0.1) is 5.41 Å². The zero-order chi connectivity index (χ0) is 21.1. The van der Waals surface area contributed by atoms with E-state index < -0.39 is 11.4 Å². The van der Waals surface area contributed by atoms with E-state index in [-0.39, 0.29) is 16.9 Å². The molecule has 4 aliphatic rings. The maximum absolute atomic E-state index is 13.0. The van der Waals surface area contributed by atoms with Gasteiger partial charge in [0.1, 0.15) is 5.25 Å². The summed E-state index contributed by atoms with van der Waals surface area (Å²) in [6.45, 7) is 4.00. The molecule has 164 valence electrons. The second-order valence-electron chi connectivity index (χ2n) is 10.5. The summed E-state index contributed by atoms with van der Waals surface area (Å²) in [6.07, 6.45) is 7.82. The van der Waals surface area contributed by atoms with Gasteiger partial charge in [-0.15, -0.1) is 4.31 Å². The lowest BCUT2D eigenvalue weighted by Crippen LogP contribution is -2.67. The highest BCUT2D eigenvalue weighted by molar-refractivity contribution is 7.89. The van der Waals surface area contributed by atoms with Crippen molar-refractivity contribution in [2.75, 3.05) is 27.2 Å². The van der Waals surface area contributed by atoms with E-state index in [1.165, 1.54) is 44.8 Å². The second kappa shape index (κ2) is 7.42. The lowest BCUT2D eigenvalue weighted by molar-refractivity contribution is -0.0283. The van der Waals surface area contributed by atoms with Crippen LogP contribution in [-0.4, -0.2) is 57.9 Å². The van der Waals surface area contributed by atoms with Crippen LogP contribution in [0.25, 0.3) is 0 Å². The highest BCUT2D eigenvalue weighted by atomic mass is 32.2. The molecule has 1 aromatic carbocycles. The van der Waals surface area contributed by atoms with Crippen LogP contribution in [-0.2, 0) is 16.1 Å². The molecule has 0 radical (unpaired) electrons. The molecule has 1 spiro atoms. The lowest BCUT2D eigenvalue weighted by atomic mass is 9.57. The van der Waals surface area contributed by atoms with Crippen LogP contribution in [0.5, 0.6) is 0 Å². The molecule has 6 heteroatoms. The zero-order valence-electron chi connectivity index (χ0n) is 18.4. The van der Waals surface area contributed by atoms with E-state index in [4.69, 9.17) is 4.74 Å². The van der Waals surface area contributed by atoms with Crippen molar-refractivity contribution in [3.8, 4) is 0 Å². The SMILES string of the molecule is COC(=O)N(C)[C@]1(C)C[C@H]([S+]([O-])N2CC3(CC(c4cccc(C5CCC5)c4)C3)C2)C1. The molecule has 1 amide bonds. The summed E-state index contributed by atoms with van der Waals surface area (Å²) in [7, 11) is 3.18. The number of benzene rings is 1. The van der Waals surface area contributed by atoms with Crippen molar-refractivity contribution in [3.63, 3.8) is 0 Å². The molecule has 5 rings (SSSR count). The monoisotopic (exact) mass is 430 g/mol. The normalized spacial score (nSPS) is 31.8. The van der Waals surface area contributed by atoms with E-state index in [1.807, 2.05) is 0 Å². The van der Waals surface area contributed by atoms with Crippen LogP contribution in [0.15, 0.2) is 24.3 Å². The van der Waals surface area contributed by atoms with Crippen LogP contribution >= 0.6 is 0 Å². The highest BCUT2D eigenvalue weighted by Gasteiger charge is 2.60. The number of carbonyl (C=O) groups is 1. The first-order chi connectivity index (χ1) is 14.3. The molecular weight excluding hydrogens is 396 g/mol. The Balaban J connectivity index is 1.10. The van der Waals surface area contributed by atoms with Crippen LogP contribution in [0.1, 0.15) is 74.8 Å². The van der Waals surface area contributed by atoms with Gasteiger partial charge in [-0.1, -0.05) is 30.7 Å². The molecule has 1 heterocycles. The number of methoxy groups -OCH3 is 1. The maximum Gasteiger partial charge on any atom is 0.409 e. The quantitative estimate of drug-likeness (QED) is 0.649. The molecule has 1 saturated heterocycles. The van der Waals surface area contributed by atoms with E-state index in [2.05, 4.69) is 35.5 Å². The smallest absolute Gasteiger partial charge is 0.409 e. The first-order valence-electron chi connectivity index (χ1n) is 11.4. The van der Waals surface area contributed by atoms with Gasteiger partial charge in [0.15, 0.2) is 0 Å². The average Bonchev–Trinajstić information content (AvgIpc) is 2.60. The summed E-state index contributed by atoms with van der Waals surface area (Å²) in [5.74, 6) is 1.48. The van der Waals surface area contributed by atoms with E-state index >= 15 is 0 Å². The molecule has 3 saturated carbocycles. The number of hydrogen-bond donors (Lipinski definition) is 0. The van der Waals surface area contributed by atoms with Crippen LogP contribution in [0.3, 0.4) is 0 Å². The summed E-state index contributed by atoms with van der Waals surface area (Å²) in [5.41, 5.74) is 3.22. The first kappa shape index (κ1) is 20.7. The van der Waals surface area contributed by atoms with E-state index in [0.29, 0.717) is 11.3 Å². The Morgan fingerprint density at radius 1 is 1.17 bits per heavy atom. The Bertz CT molecular complexity index is 806. The third-order valence-corrected chi connectivity index (χ3v) is 10.1. The minimum absolute atomic E-state index is 0.162. The largest absolute Gasteiger partial charge is 0.598 e. The van der Waals surface area contributed by atoms with Gasteiger partial charge in [-0.2, -0.15) is 0 Å². The van der Waals surface area contributed by atoms with Gasteiger partial charge in [-0.25, -0.2) is 4.79 Å².